The van der Waals surface area contributed by atoms with E-state index in [0.717, 1.165) is 10.8 Å². The SMILES string of the molecule is O=C(Nc1[c]c(O)ccc1)c1cccc2ccccc12. The molecule has 0 unspecified atom stereocenters. The van der Waals surface area contributed by atoms with Gasteiger partial charge >= 0.3 is 0 Å². The highest BCUT2D eigenvalue weighted by Crippen LogP contribution is 2.20. The van der Waals surface area contributed by atoms with Crippen molar-refractivity contribution in [3.05, 3.63) is 72.3 Å². The Labute approximate surface area is 116 Å². The number of hydrogen-bond donors (Lipinski definition) is 2. The quantitative estimate of drug-likeness (QED) is 0.741. The van der Waals surface area contributed by atoms with Gasteiger partial charge in [0.25, 0.3) is 5.91 Å². The summed E-state index contributed by atoms with van der Waals surface area (Å²) in [6.07, 6.45) is 0. The van der Waals surface area contributed by atoms with Crippen molar-refractivity contribution in [3.8, 4) is 5.75 Å². The summed E-state index contributed by atoms with van der Waals surface area (Å²) in [5, 5.41) is 14.0. The second-order valence-electron chi connectivity index (χ2n) is 4.43. The number of anilines is 1. The normalized spacial score (nSPS) is 10.4. The summed E-state index contributed by atoms with van der Waals surface area (Å²) in [5.74, 6) is -0.218. The van der Waals surface area contributed by atoms with Gasteiger partial charge in [-0.15, -0.1) is 0 Å². The van der Waals surface area contributed by atoms with E-state index in [-0.39, 0.29) is 11.7 Å². The lowest BCUT2D eigenvalue weighted by molar-refractivity contribution is 0.102. The van der Waals surface area contributed by atoms with Crippen molar-refractivity contribution in [2.75, 3.05) is 5.32 Å². The maximum absolute atomic E-state index is 12.3. The molecule has 0 saturated carbocycles. The van der Waals surface area contributed by atoms with Crippen molar-refractivity contribution in [1.82, 2.24) is 0 Å². The average molecular weight is 262 g/mol. The molecule has 0 bridgehead atoms. The third-order valence-electron chi connectivity index (χ3n) is 3.06. The number of carbonyl (C=O) groups is 1. The molecule has 0 aliphatic heterocycles. The molecular weight excluding hydrogens is 250 g/mol. The highest BCUT2D eigenvalue weighted by Gasteiger charge is 2.10. The van der Waals surface area contributed by atoms with E-state index in [0.29, 0.717) is 11.3 Å². The Balaban J connectivity index is 1.97. The molecule has 97 valence electrons. The minimum Gasteiger partial charge on any atom is -0.507 e. The van der Waals surface area contributed by atoms with Crippen molar-refractivity contribution in [2.24, 2.45) is 0 Å². The molecule has 0 fully saturated rings. The van der Waals surface area contributed by atoms with Gasteiger partial charge in [0.2, 0.25) is 0 Å². The zero-order valence-electron chi connectivity index (χ0n) is 10.6. The maximum Gasteiger partial charge on any atom is 0.256 e. The molecule has 2 N–H and O–H groups in total. The molecule has 1 radical (unpaired) electrons. The molecular formula is C17H12NO2. The second kappa shape index (κ2) is 5.05. The topological polar surface area (TPSA) is 49.3 Å². The first-order valence-corrected chi connectivity index (χ1v) is 6.24. The summed E-state index contributed by atoms with van der Waals surface area (Å²) in [6.45, 7) is 0. The number of amides is 1. The van der Waals surface area contributed by atoms with E-state index in [4.69, 9.17) is 0 Å². The van der Waals surface area contributed by atoms with Gasteiger partial charge in [-0.05, 0) is 29.0 Å². The van der Waals surface area contributed by atoms with Crippen molar-refractivity contribution < 1.29 is 9.90 Å². The number of fused-ring (bicyclic) bond motifs is 1. The Bertz CT molecular complexity index is 775. The van der Waals surface area contributed by atoms with Crippen LogP contribution in [0.15, 0.2) is 60.7 Å². The van der Waals surface area contributed by atoms with Gasteiger partial charge in [0, 0.05) is 5.56 Å². The summed E-state index contributed by atoms with van der Waals surface area (Å²) >= 11 is 0. The van der Waals surface area contributed by atoms with Gasteiger partial charge in [-0.3, -0.25) is 4.79 Å². The summed E-state index contributed by atoms with van der Waals surface area (Å²) in [4.78, 5) is 12.3. The Morgan fingerprint density at radius 1 is 0.950 bits per heavy atom. The van der Waals surface area contributed by atoms with Gasteiger partial charge in [-0.2, -0.15) is 0 Å². The molecule has 0 aromatic heterocycles. The fraction of sp³-hybridized carbons (Fsp3) is 0. The van der Waals surface area contributed by atoms with Gasteiger partial charge in [0.1, 0.15) is 5.75 Å². The average Bonchev–Trinajstić information content (AvgIpc) is 2.46. The Hall–Kier alpha value is -2.81. The zero-order valence-corrected chi connectivity index (χ0v) is 10.6. The molecule has 3 aromatic carbocycles. The van der Waals surface area contributed by atoms with Crippen molar-refractivity contribution in [2.45, 2.75) is 0 Å². The number of phenolic OH excluding ortho intramolecular Hbond substituents is 1. The van der Waals surface area contributed by atoms with Crippen LogP contribution in [0.5, 0.6) is 5.75 Å². The van der Waals surface area contributed by atoms with Crippen LogP contribution in [0.25, 0.3) is 10.8 Å². The Kier molecular flexibility index (Phi) is 3.09. The van der Waals surface area contributed by atoms with Crippen LogP contribution in [0.4, 0.5) is 5.69 Å². The predicted octanol–water partition coefficient (Wildman–Crippen LogP) is 3.60. The van der Waals surface area contributed by atoms with Crippen LogP contribution in [-0.2, 0) is 0 Å². The van der Waals surface area contributed by atoms with E-state index < -0.39 is 0 Å². The van der Waals surface area contributed by atoms with Crippen LogP contribution in [-0.4, -0.2) is 11.0 Å². The zero-order chi connectivity index (χ0) is 13.9. The molecule has 0 aliphatic carbocycles. The molecule has 0 atom stereocenters. The van der Waals surface area contributed by atoms with E-state index >= 15 is 0 Å². The van der Waals surface area contributed by atoms with Crippen molar-refractivity contribution >= 4 is 22.4 Å². The highest BCUT2D eigenvalue weighted by molar-refractivity contribution is 6.12. The first-order chi connectivity index (χ1) is 9.74. The van der Waals surface area contributed by atoms with E-state index in [2.05, 4.69) is 11.4 Å². The summed E-state index contributed by atoms with van der Waals surface area (Å²) in [5.41, 5.74) is 1.04. The highest BCUT2D eigenvalue weighted by atomic mass is 16.3. The van der Waals surface area contributed by atoms with Gasteiger partial charge < -0.3 is 10.4 Å². The van der Waals surface area contributed by atoms with Gasteiger partial charge in [-0.25, -0.2) is 0 Å². The van der Waals surface area contributed by atoms with Gasteiger partial charge in [-0.1, -0.05) is 42.5 Å². The Morgan fingerprint density at radius 2 is 1.70 bits per heavy atom. The van der Waals surface area contributed by atoms with Gasteiger partial charge in [0.05, 0.1) is 11.8 Å². The number of aromatic hydroxyl groups is 1. The lowest BCUT2D eigenvalue weighted by Gasteiger charge is -2.08. The third kappa shape index (κ3) is 2.34. The van der Waals surface area contributed by atoms with E-state index in [1.54, 1.807) is 18.2 Å². The second-order valence-corrected chi connectivity index (χ2v) is 4.43. The first-order valence-electron chi connectivity index (χ1n) is 6.24. The van der Waals surface area contributed by atoms with Crippen LogP contribution >= 0.6 is 0 Å². The lowest BCUT2D eigenvalue weighted by atomic mass is 10.0. The minimum atomic E-state index is -0.219. The van der Waals surface area contributed by atoms with Crippen LogP contribution in [0, 0.1) is 6.07 Å². The predicted molar refractivity (Wildman–Crippen MR) is 78.8 cm³/mol. The molecule has 3 heteroatoms. The van der Waals surface area contributed by atoms with Crippen LogP contribution in [0.1, 0.15) is 10.4 Å². The molecule has 0 spiro atoms. The summed E-state index contributed by atoms with van der Waals surface area (Å²) < 4.78 is 0. The van der Waals surface area contributed by atoms with E-state index in [1.165, 1.54) is 6.07 Å². The maximum atomic E-state index is 12.3. The summed E-state index contributed by atoms with van der Waals surface area (Å²) in [7, 11) is 0. The largest absolute Gasteiger partial charge is 0.507 e. The first kappa shape index (κ1) is 12.2. The van der Waals surface area contributed by atoms with Crippen molar-refractivity contribution in [1.29, 1.82) is 0 Å². The number of carbonyl (C=O) groups excluding carboxylic acids is 1. The smallest absolute Gasteiger partial charge is 0.256 e. The minimum absolute atomic E-state index is 0.000666. The summed E-state index contributed by atoms with van der Waals surface area (Å²) in [6, 6.07) is 20.8. The fourth-order valence-corrected chi connectivity index (χ4v) is 2.14. The monoisotopic (exact) mass is 262 g/mol. The molecule has 1 amide bonds. The molecule has 3 aromatic rings. The lowest BCUT2D eigenvalue weighted by Crippen LogP contribution is -2.12. The molecule has 0 saturated heterocycles. The number of rotatable bonds is 2. The number of hydrogen-bond acceptors (Lipinski definition) is 2. The van der Waals surface area contributed by atoms with E-state index in [1.807, 2.05) is 36.4 Å². The standard InChI is InChI=1S/C17H12NO2/c19-14-8-4-7-13(11-14)18-17(20)16-10-3-6-12-5-1-2-9-15(12)16/h1-10,19H,(H,18,20). The van der Waals surface area contributed by atoms with Gasteiger partial charge in [0.15, 0.2) is 0 Å². The van der Waals surface area contributed by atoms with Crippen molar-refractivity contribution in [3.63, 3.8) is 0 Å². The molecule has 20 heavy (non-hydrogen) atoms. The molecule has 3 rings (SSSR count). The van der Waals surface area contributed by atoms with Crippen LogP contribution in [0.3, 0.4) is 0 Å². The number of nitrogens with one attached hydrogen (secondary N) is 1. The van der Waals surface area contributed by atoms with E-state index in [9.17, 15) is 9.90 Å². The van der Waals surface area contributed by atoms with Crippen LogP contribution in [0.2, 0.25) is 0 Å². The number of phenols is 1. The molecule has 0 aliphatic rings. The fourth-order valence-electron chi connectivity index (χ4n) is 2.14. The third-order valence-corrected chi connectivity index (χ3v) is 3.06. The number of benzene rings is 3. The molecule has 0 heterocycles. The molecule has 3 nitrogen and oxygen atoms in total. The Morgan fingerprint density at radius 3 is 2.55 bits per heavy atom. The van der Waals surface area contributed by atoms with Crippen LogP contribution < -0.4 is 5.32 Å².